The van der Waals surface area contributed by atoms with Gasteiger partial charge in [0.2, 0.25) is 0 Å². The van der Waals surface area contributed by atoms with E-state index in [0.29, 0.717) is 12.6 Å². The molecule has 0 radical (unpaired) electrons. The van der Waals surface area contributed by atoms with Crippen LogP contribution >= 0.6 is 11.3 Å². The SMILES string of the molecule is O=C(c1ccc(N2CCC(NCc3scnc3-c3ccccc3)CC2)cc1)N1CCC[C@@H](CO)C1. The van der Waals surface area contributed by atoms with Crippen molar-refractivity contribution in [3.05, 3.63) is 70.5 Å². The van der Waals surface area contributed by atoms with Gasteiger partial charge in [0.05, 0.1) is 11.2 Å². The molecular weight excluding hydrogens is 456 g/mol. The molecule has 6 nitrogen and oxygen atoms in total. The number of anilines is 1. The fraction of sp³-hybridized carbons (Fsp3) is 0.429. The molecule has 35 heavy (non-hydrogen) atoms. The maximum absolute atomic E-state index is 12.9. The van der Waals surface area contributed by atoms with Crippen LogP contribution in [0.2, 0.25) is 0 Å². The van der Waals surface area contributed by atoms with Crippen molar-refractivity contribution in [2.24, 2.45) is 5.92 Å². The van der Waals surface area contributed by atoms with Crippen LogP contribution in [0.1, 0.15) is 40.9 Å². The molecule has 1 atom stereocenters. The highest BCUT2D eigenvalue weighted by molar-refractivity contribution is 7.10. The average molecular weight is 491 g/mol. The third-order valence-corrected chi connectivity index (χ3v) is 8.11. The predicted molar refractivity (Wildman–Crippen MR) is 142 cm³/mol. The Morgan fingerprint density at radius 3 is 2.54 bits per heavy atom. The molecule has 3 heterocycles. The number of likely N-dealkylation sites (tertiary alicyclic amines) is 1. The molecule has 0 aliphatic carbocycles. The van der Waals surface area contributed by atoms with Crippen LogP contribution in [0.3, 0.4) is 0 Å². The molecule has 5 rings (SSSR count). The zero-order chi connectivity index (χ0) is 24.0. The maximum Gasteiger partial charge on any atom is 0.253 e. The maximum atomic E-state index is 12.9. The number of aliphatic hydroxyl groups excluding tert-OH is 1. The molecule has 1 amide bonds. The standard InChI is InChI=1S/C28H34N4O2S/c33-19-21-5-4-14-32(18-21)28(34)23-8-10-25(11-9-23)31-15-12-24(13-16-31)29-17-26-27(30-20-35-26)22-6-2-1-3-7-22/h1-3,6-11,20-21,24,29,33H,4-5,12-19H2/t21-/m1/s1. The molecule has 3 aromatic rings. The molecule has 0 spiro atoms. The highest BCUT2D eigenvalue weighted by atomic mass is 32.1. The number of aromatic nitrogens is 1. The number of hydrogen-bond donors (Lipinski definition) is 2. The highest BCUT2D eigenvalue weighted by Gasteiger charge is 2.25. The van der Waals surface area contributed by atoms with E-state index in [-0.39, 0.29) is 18.4 Å². The summed E-state index contributed by atoms with van der Waals surface area (Å²) < 4.78 is 0. The first-order valence-electron chi connectivity index (χ1n) is 12.7. The number of rotatable bonds is 7. The molecule has 0 bridgehead atoms. The van der Waals surface area contributed by atoms with Gasteiger partial charge in [-0.15, -0.1) is 11.3 Å². The Balaban J connectivity index is 1.12. The smallest absolute Gasteiger partial charge is 0.253 e. The number of carbonyl (C=O) groups excluding carboxylic acids is 1. The van der Waals surface area contributed by atoms with Gasteiger partial charge in [-0.2, -0.15) is 0 Å². The molecule has 2 N–H and O–H groups in total. The summed E-state index contributed by atoms with van der Waals surface area (Å²) in [7, 11) is 0. The summed E-state index contributed by atoms with van der Waals surface area (Å²) in [5, 5.41) is 13.2. The van der Waals surface area contributed by atoms with Crippen molar-refractivity contribution in [1.82, 2.24) is 15.2 Å². The van der Waals surface area contributed by atoms with E-state index in [9.17, 15) is 9.90 Å². The van der Waals surface area contributed by atoms with Gasteiger partial charge in [0.1, 0.15) is 0 Å². The van der Waals surface area contributed by atoms with Gasteiger partial charge in [-0.25, -0.2) is 4.98 Å². The zero-order valence-corrected chi connectivity index (χ0v) is 20.9. The fourth-order valence-electron chi connectivity index (χ4n) is 5.20. The average Bonchev–Trinajstić information content (AvgIpc) is 3.41. The van der Waals surface area contributed by atoms with Crippen molar-refractivity contribution in [3.8, 4) is 11.3 Å². The Morgan fingerprint density at radius 1 is 1.03 bits per heavy atom. The number of nitrogens with one attached hydrogen (secondary N) is 1. The Hall–Kier alpha value is -2.74. The summed E-state index contributed by atoms with van der Waals surface area (Å²) in [4.78, 5) is 23.1. The lowest BCUT2D eigenvalue weighted by Gasteiger charge is -2.34. The molecule has 0 saturated carbocycles. The van der Waals surface area contributed by atoms with Gasteiger partial charge in [-0.1, -0.05) is 30.3 Å². The lowest BCUT2D eigenvalue weighted by molar-refractivity contribution is 0.0620. The van der Waals surface area contributed by atoms with Gasteiger partial charge in [0.15, 0.2) is 0 Å². The molecule has 1 aromatic heterocycles. The fourth-order valence-corrected chi connectivity index (χ4v) is 5.94. The molecule has 2 aromatic carbocycles. The molecule has 2 aliphatic heterocycles. The van der Waals surface area contributed by atoms with Gasteiger partial charge in [-0.05, 0) is 55.9 Å². The van der Waals surface area contributed by atoms with E-state index in [1.807, 2.05) is 28.6 Å². The van der Waals surface area contributed by atoms with Gasteiger partial charge in [0, 0.05) is 67.1 Å². The number of thiazole rings is 1. The Bertz CT molecular complexity index is 1090. The molecule has 2 aliphatic rings. The van der Waals surface area contributed by atoms with Crippen LogP contribution in [-0.4, -0.2) is 59.7 Å². The van der Waals surface area contributed by atoms with Crippen LogP contribution in [0.25, 0.3) is 11.3 Å². The van der Waals surface area contributed by atoms with Crippen molar-refractivity contribution < 1.29 is 9.90 Å². The Morgan fingerprint density at radius 2 is 1.80 bits per heavy atom. The van der Waals surface area contributed by atoms with E-state index in [2.05, 4.69) is 51.6 Å². The van der Waals surface area contributed by atoms with Crippen molar-refractivity contribution in [2.75, 3.05) is 37.7 Å². The van der Waals surface area contributed by atoms with E-state index in [1.165, 1.54) is 16.1 Å². The molecular formula is C28H34N4O2S. The summed E-state index contributed by atoms with van der Waals surface area (Å²) in [5.74, 6) is 0.290. The van der Waals surface area contributed by atoms with E-state index in [1.54, 1.807) is 11.3 Å². The molecule has 2 fully saturated rings. The summed E-state index contributed by atoms with van der Waals surface area (Å²) >= 11 is 1.72. The normalized spacial score (nSPS) is 19.2. The summed E-state index contributed by atoms with van der Waals surface area (Å²) in [6, 6.07) is 19.0. The number of benzene rings is 2. The van der Waals surface area contributed by atoms with E-state index in [4.69, 9.17) is 0 Å². The van der Waals surface area contributed by atoms with Crippen molar-refractivity contribution in [1.29, 1.82) is 0 Å². The van der Waals surface area contributed by atoms with Crippen LogP contribution in [0.5, 0.6) is 0 Å². The second-order valence-electron chi connectivity index (χ2n) is 9.62. The van der Waals surface area contributed by atoms with Crippen LogP contribution in [-0.2, 0) is 6.54 Å². The van der Waals surface area contributed by atoms with Gasteiger partial charge in [-0.3, -0.25) is 4.79 Å². The quantitative estimate of drug-likeness (QED) is 0.513. The van der Waals surface area contributed by atoms with E-state index < -0.39 is 0 Å². The first-order valence-corrected chi connectivity index (χ1v) is 13.6. The van der Waals surface area contributed by atoms with Crippen molar-refractivity contribution >= 4 is 22.9 Å². The monoisotopic (exact) mass is 490 g/mol. The number of nitrogens with zero attached hydrogens (tertiary/aromatic N) is 3. The minimum Gasteiger partial charge on any atom is -0.396 e. The number of hydrogen-bond acceptors (Lipinski definition) is 6. The topological polar surface area (TPSA) is 68.7 Å². The number of amides is 1. The van der Waals surface area contributed by atoms with Crippen molar-refractivity contribution in [2.45, 2.75) is 38.3 Å². The highest BCUT2D eigenvalue weighted by Crippen LogP contribution is 2.26. The minimum atomic E-state index is 0.0792. The van der Waals surface area contributed by atoms with Gasteiger partial charge in [0.25, 0.3) is 5.91 Å². The largest absolute Gasteiger partial charge is 0.396 e. The Kier molecular flexibility index (Phi) is 7.76. The first-order chi connectivity index (χ1) is 17.2. The zero-order valence-electron chi connectivity index (χ0n) is 20.1. The van der Waals surface area contributed by atoms with E-state index >= 15 is 0 Å². The van der Waals surface area contributed by atoms with Gasteiger partial charge >= 0.3 is 0 Å². The summed E-state index contributed by atoms with van der Waals surface area (Å²) in [6.45, 7) is 4.46. The minimum absolute atomic E-state index is 0.0792. The lowest BCUT2D eigenvalue weighted by Crippen LogP contribution is -2.42. The summed E-state index contributed by atoms with van der Waals surface area (Å²) in [5.41, 5.74) is 6.12. The van der Waals surface area contributed by atoms with Crippen LogP contribution in [0.4, 0.5) is 5.69 Å². The number of piperidine rings is 2. The molecule has 184 valence electrons. The third-order valence-electron chi connectivity index (χ3n) is 7.28. The summed E-state index contributed by atoms with van der Waals surface area (Å²) in [6.07, 6.45) is 4.16. The Labute approximate surface area is 211 Å². The molecule has 2 saturated heterocycles. The van der Waals surface area contributed by atoms with E-state index in [0.717, 1.165) is 63.1 Å². The van der Waals surface area contributed by atoms with Crippen LogP contribution in [0, 0.1) is 5.92 Å². The third kappa shape index (κ3) is 5.74. The van der Waals surface area contributed by atoms with Crippen LogP contribution in [0.15, 0.2) is 60.1 Å². The second-order valence-corrected chi connectivity index (χ2v) is 10.6. The first kappa shape index (κ1) is 24.0. The van der Waals surface area contributed by atoms with Crippen molar-refractivity contribution in [3.63, 3.8) is 0 Å². The molecule has 0 unspecified atom stereocenters. The molecule has 7 heteroatoms. The lowest BCUT2D eigenvalue weighted by atomic mass is 9.98. The van der Waals surface area contributed by atoms with Crippen LogP contribution < -0.4 is 10.2 Å². The second kappa shape index (κ2) is 11.3. The van der Waals surface area contributed by atoms with Gasteiger partial charge < -0.3 is 20.2 Å². The number of aliphatic hydroxyl groups is 1. The predicted octanol–water partition coefficient (Wildman–Crippen LogP) is 4.41. The number of carbonyl (C=O) groups is 1.